The second kappa shape index (κ2) is 4.27. The molecule has 2 aliphatic rings. The predicted molar refractivity (Wildman–Crippen MR) is 71.8 cm³/mol. The van der Waals surface area contributed by atoms with Gasteiger partial charge >= 0.3 is 0 Å². The molecule has 1 fully saturated rings. The Labute approximate surface area is 109 Å². The monoisotopic (exact) mass is 246 g/mol. The molecule has 2 nitrogen and oxygen atoms in total. The van der Waals surface area contributed by atoms with E-state index < -0.39 is 0 Å². The first-order valence-corrected chi connectivity index (χ1v) is 7.03. The number of fused-ring (bicyclic) bond motifs is 1. The zero-order valence-corrected chi connectivity index (χ0v) is 11.3. The van der Waals surface area contributed by atoms with Gasteiger partial charge in [-0.15, -0.1) is 0 Å². The Hall–Kier alpha value is -1.02. The van der Waals surface area contributed by atoms with Crippen molar-refractivity contribution < 1.29 is 9.84 Å². The van der Waals surface area contributed by atoms with Gasteiger partial charge in [-0.2, -0.15) is 0 Å². The highest BCUT2D eigenvalue weighted by molar-refractivity contribution is 5.42. The Morgan fingerprint density at radius 2 is 2.17 bits per heavy atom. The molecule has 98 valence electrons. The standard InChI is InChI=1S/C16H22O2/c1-16(2)10-13-9-12(6-7-15(13)18-16)14(17)8-11-4-3-5-11/h6-7,9,11,14,17H,3-5,8,10H2,1-2H3. The van der Waals surface area contributed by atoms with Gasteiger partial charge in [-0.05, 0) is 49.4 Å². The van der Waals surface area contributed by atoms with Crippen LogP contribution in [0.1, 0.15) is 56.8 Å². The highest BCUT2D eigenvalue weighted by atomic mass is 16.5. The Balaban J connectivity index is 1.74. The average Bonchev–Trinajstić information content (AvgIpc) is 2.55. The minimum Gasteiger partial charge on any atom is -0.487 e. The van der Waals surface area contributed by atoms with Crippen molar-refractivity contribution in [3.05, 3.63) is 29.3 Å². The van der Waals surface area contributed by atoms with Gasteiger partial charge in [0.1, 0.15) is 11.4 Å². The van der Waals surface area contributed by atoms with E-state index in [1.807, 2.05) is 12.1 Å². The largest absolute Gasteiger partial charge is 0.487 e. The Morgan fingerprint density at radius 3 is 2.83 bits per heavy atom. The second-order valence-electron chi connectivity index (χ2n) is 6.45. The molecule has 0 saturated heterocycles. The molecule has 0 bridgehead atoms. The summed E-state index contributed by atoms with van der Waals surface area (Å²) >= 11 is 0. The number of benzene rings is 1. The maximum absolute atomic E-state index is 10.3. The third-order valence-corrected chi connectivity index (χ3v) is 4.25. The van der Waals surface area contributed by atoms with E-state index in [4.69, 9.17) is 4.74 Å². The van der Waals surface area contributed by atoms with Crippen LogP contribution in [0, 0.1) is 5.92 Å². The number of ether oxygens (including phenoxy) is 1. The normalized spacial score (nSPS) is 23.1. The molecule has 0 spiro atoms. The predicted octanol–water partition coefficient (Wildman–Crippen LogP) is 3.62. The Kier molecular flexibility index (Phi) is 2.86. The van der Waals surface area contributed by atoms with E-state index in [-0.39, 0.29) is 11.7 Å². The van der Waals surface area contributed by atoms with Gasteiger partial charge in [0.25, 0.3) is 0 Å². The van der Waals surface area contributed by atoms with Crippen LogP contribution in [0.15, 0.2) is 18.2 Å². The smallest absolute Gasteiger partial charge is 0.123 e. The highest BCUT2D eigenvalue weighted by Gasteiger charge is 2.30. The fourth-order valence-electron chi connectivity index (χ4n) is 3.02. The summed E-state index contributed by atoms with van der Waals surface area (Å²) < 4.78 is 5.86. The van der Waals surface area contributed by atoms with Crippen LogP contribution in [-0.4, -0.2) is 10.7 Å². The van der Waals surface area contributed by atoms with Gasteiger partial charge in [0.05, 0.1) is 6.10 Å². The first-order valence-electron chi connectivity index (χ1n) is 7.03. The molecule has 3 rings (SSSR count). The van der Waals surface area contributed by atoms with Crippen molar-refractivity contribution in [2.45, 2.75) is 57.7 Å². The summed E-state index contributed by atoms with van der Waals surface area (Å²) in [5.41, 5.74) is 2.20. The molecule has 1 N–H and O–H groups in total. The summed E-state index contributed by atoms with van der Waals surface area (Å²) in [5.74, 6) is 1.72. The molecular formula is C16H22O2. The SMILES string of the molecule is CC1(C)Cc2cc(C(O)CC3CCC3)ccc2O1. The molecule has 0 radical (unpaired) electrons. The molecule has 18 heavy (non-hydrogen) atoms. The summed E-state index contributed by atoms with van der Waals surface area (Å²) in [7, 11) is 0. The first kappa shape index (κ1) is 12.0. The van der Waals surface area contributed by atoms with Crippen LogP contribution in [0.2, 0.25) is 0 Å². The second-order valence-corrected chi connectivity index (χ2v) is 6.45. The van der Waals surface area contributed by atoms with Crippen molar-refractivity contribution in [3.63, 3.8) is 0 Å². The molecule has 1 aliphatic heterocycles. The first-order chi connectivity index (χ1) is 8.53. The molecule has 1 aromatic carbocycles. The lowest BCUT2D eigenvalue weighted by Crippen LogP contribution is -2.24. The summed E-state index contributed by atoms with van der Waals surface area (Å²) in [6.45, 7) is 4.22. The number of rotatable bonds is 3. The topological polar surface area (TPSA) is 29.5 Å². The average molecular weight is 246 g/mol. The van der Waals surface area contributed by atoms with Gasteiger partial charge in [-0.1, -0.05) is 25.3 Å². The minimum absolute atomic E-state index is 0.0973. The molecular weight excluding hydrogens is 224 g/mol. The van der Waals surface area contributed by atoms with Crippen LogP contribution in [-0.2, 0) is 6.42 Å². The molecule has 1 aromatic rings. The Morgan fingerprint density at radius 1 is 1.39 bits per heavy atom. The van der Waals surface area contributed by atoms with E-state index in [0.717, 1.165) is 30.1 Å². The van der Waals surface area contributed by atoms with Gasteiger partial charge in [-0.3, -0.25) is 0 Å². The van der Waals surface area contributed by atoms with Crippen LogP contribution in [0.5, 0.6) is 5.75 Å². The highest BCUT2D eigenvalue weighted by Crippen LogP contribution is 2.39. The quantitative estimate of drug-likeness (QED) is 0.882. The van der Waals surface area contributed by atoms with Crippen molar-refractivity contribution in [1.29, 1.82) is 0 Å². The van der Waals surface area contributed by atoms with Crippen molar-refractivity contribution in [3.8, 4) is 5.75 Å². The van der Waals surface area contributed by atoms with E-state index in [0.29, 0.717) is 0 Å². The molecule has 1 aliphatic carbocycles. The number of hydrogen-bond acceptors (Lipinski definition) is 2. The van der Waals surface area contributed by atoms with Crippen LogP contribution in [0.4, 0.5) is 0 Å². The lowest BCUT2D eigenvalue weighted by Gasteiger charge is -2.27. The molecule has 1 saturated carbocycles. The zero-order valence-electron chi connectivity index (χ0n) is 11.3. The third kappa shape index (κ3) is 2.26. The van der Waals surface area contributed by atoms with Crippen LogP contribution >= 0.6 is 0 Å². The van der Waals surface area contributed by atoms with Crippen molar-refractivity contribution >= 4 is 0 Å². The van der Waals surface area contributed by atoms with Gasteiger partial charge < -0.3 is 9.84 Å². The van der Waals surface area contributed by atoms with Gasteiger partial charge in [-0.25, -0.2) is 0 Å². The molecule has 1 atom stereocenters. The summed E-state index contributed by atoms with van der Waals surface area (Å²) in [6.07, 6.45) is 5.47. The lowest BCUT2D eigenvalue weighted by molar-refractivity contribution is 0.118. The summed E-state index contributed by atoms with van der Waals surface area (Å²) in [4.78, 5) is 0. The van der Waals surface area contributed by atoms with Crippen LogP contribution in [0.25, 0.3) is 0 Å². The minimum atomic E-state index is -0.302. The van der Waals surface area contributed by atoms with E-state index >= 15 is 0 Å². The molecule has 0 aromatic heterocycles. The van der Waals surface area contributed by atoms with E-state index in [2.05, 4.69) is 19.9 Å². The van der Waals surface area contributed by atoms with Crippen LogP contribution < -0.4 is 4.74 Å². The van der Waals surface area contributed by atoms with Crippen molar-refractivity contribution in [2.75, 3.05) is 0 Å². The number of aliphatic hydroxyl groups excluding tert-OH is 1. The van der Waals surface area contributed by atoms with Crippen LogP contribution in [0.3, 0.4) is 0 Å². The fraction of sp³-hybridized carbons (Fsp3) is 0.625. The van der Waals surface area contributed by atoms with Gasteiger partial charge in [0.2, 0.25) is 0 Å². The Bertz CT molecular complexity index is 446. The summed E-state index contributed by atoms with van der Waals surface area (Å²) in [5, 5.41) is 10.3. The van der Waals surface area contributed by atoms with E-state index in [1.54, 1.807) is 0 Å². The molecule has 1 heterocycles. The number of hydrogen-bond donors (Lipinski definition) is 1. The zero-order chi connectivity index (χ0) is 12.8. The molecule has 1 unspecified atom stereocenters. The van der Waals surface area contributed by atoms with E-state index in [1.165, 1.54) is 24.8 Å². The molecule has 2 heteroatoms. The summed E-state index contributed by atoms with van der Waals surface area (Å²) in [6, 6.07) is 6.17. The lowest BCUT2D eigenvalue weighted by atomic mass is 9.80. The van der Waals surface area contributed by atoms with Gasteiger partial charge in [0, 0.05) is 6.42 Å². The van der Waals surface area contributed by atoms with E-state index in [9.17, 15) is 5.11 Å². The van der Waals surface area contributed by atoms with Crippen molar-refractivity contribution in [1.82, 2.24) is 0 Å². The third-order valence-electron chi connectivity index (χ3n) is 4.25. The van der Waals surface area contributed by atoms with Crippen molar-refractivity contribution in [2.24, 2.45) is 5.92 Å². The fourth-order valence-corrected chi connectivity index (χ4v) is 3.02. The molecule has 0 amide bonds. The maximum Gasteiger partial charge on any atom is 0.123 e. The maximum atomic E-state index is 10.3. The van der Waals surface area contributed by atoms with Gasteiger partial charge in [0.15, 0.2) is 0 Å². The number of aliphatic hydroxyl groups is 1.